The van der Waals surface area contributed by atoms with Gasteiger partial charge in [0.15, 0.2) is 29.2 Å². The van der Waals surface area contributed by atoms with Gasteiger partial charge in [0.05, 0.1) is 6.20 Å². The molecule has 1 rings (SSSR count). The van der Waals surface area contributed by atoms with Crippen LogP contribution < -0.4 is 2.78 Å². The highest BCUT2D eigenvalue weighted by Crippen LogP contribution is 1.98. The van der Waals surface area contributed by atoms with Crippen molar-refractivity contribution in [1.82, 2.24) is 4.98 Å². The normalized spacial score (nSPS) is 9.27. The van der Waals surface area contributed by atoms with Crippen molar-refractivity contribution in [3.05, 3.63) is 24.3 Å². The van der Waals surface area contributed by atoms with Crippen molar-refractivity contribution in [3.63, 3.8) is 0 Å². The molecule has 0 fully saturated rings. The molecule has 0 aliphatic rings. The van der Waals surface area contributed by atoms with E-state index >= 15 is 0 Å². The van der Waals surface area contributed by atoms with Gasteiger partial charge >= 0.3 is 34.5 Å². The Morgan fingerprint density at radius 3 is 3.00 bits per heavy atom. The van der Waals surface area contributed by atoms with E-state index < -0.39 is 5.97 Å². The van der Waals surface area contributed by atoms with Crippen LogP contribution in [-0.4, -0.2) is 11.0 Å². The van der Waals surface area contributed by atoms with Crippen molar-refractivity contribution < 1.29 is 10.6 Å². The van der Waals surface area contributed by atoms with E-state index in [0.717, 1.165) is 0 Å². The van der Waals surface area contributed by atoms with Gasteiger partial charge in [-0.15, -0.1) is 2.78 Å². The van der Waals surface area contributed by atoms with Gasteiger partial charge in [-0.05, 0) is 0 Å². The Bertz CT molecular complexity index is 279. The molecular formula is C5H3I2N2O2+. The summed E-state index contributed by atoms with van der Waals surface area (Å²) in [6.45, 7) is 0. The SMILES string of the molecule is O=C(OI)c1cncc[n+]1I. The Kier molecular flexibility index (Phi) is 3.43. The van der Waals surface area contributed by atoms with E-state index in [2.05, 4.69) is 8.05 Å². The molecule has 1 aromatic rings. The molecule has 0 amide bonds. The maximum atomic E-state index is 10.9. The number of halogens is 2. The number of rotatable bonds is 1. The minimum atomic E-state index is -0.395. The first-order chi connectivity index (χ1) is 5.25. The Balaban J connectivity index is 3.03. The van der Waals surface area contributed by atoms with E-state index in [-0.39, 0.29) is 0 Å². The molecular weight excluding hydrogens is 374 g/mol. The molecule has 0 aliphatic carbocycles. The van der Waals surface area contributed by atoms with Crippen LogP contribution in [0.5, 0.6) is 0 Å². The number of carbonyl (C=O) groups excluding carboxylic acids is 1. The highest BCUT2D eigenvalue weighted by Gasteiger charge is 2.18. The minimum Gasteiger partial charge on any atom is -0.386 e. The van der Waals surface area contributed by atoms with Gasteiger partial charge in [0.1, 0.15) is 6.20 Å². The highest BCUT2D eigenvalue weighted by atomic mass is 127. The third-order valence-corrected chi connectivity index (χ3v) is 2.23. The zero-order valence-corrected chi connectivity index (χ0v) is 9.51. The topological polar surface area (TPSA) is 43.1 Å². The van der Waals surface area contributed by atoms with E-state index in [1.54, 1.807) is 15.2 Å². The van der Waals surface area contributed by atoms with Crippen molar-refractivity contribution in [2.45, 2.75) is 0 Å². The molecule has 0 atom stereocenters. The largest absolute Gasteiger partial charge is 0.415 e. The molecule has 58 valence electrons. The first-order valence-electron chi connectivity index (χ1n) is 2.60. The number of aromatic nitrogens is 2. The van der Waals surface area contributed by atoms with Crippen LogP contribution in [0.4, 0.5) is 0 Å². The third-order valence-electron chi connectivity index (χ3n) is 0.990. The third kappa shape index (κ3) is 2.22. The first kappa shape index (κ1) is 9.10. The summed E-state index contributed by atoms with van der Waals surface area (Å²) in [5, 5.41) is 0. The minimum absolute atomic E-state index is 0.395. The fraction of sp³-hybridized carbons (Fsp3) is 0. The molecule has 0 saturated carbocycles. The van der Waals surface area contributed by atoms with E-state index in [9.17, 15) is 4.79 Å². The van der Waals surface area contributed by atoms with Gasteiger partial charge in [-0.25, -0.2) is 4.79 Å². The second-order valence-corrected chi connectivity index (χ2v) is 3.12. The van der Waals surface area contributed by atoms with Crippen LogP contribution >= 0.6 is 45.9 Å². The molecule has 0 saturated heterocycles. The van der Waals surface area contributed by atoms with E-state index in [0.29, 0.717) is 5.69 Å². The molecule has 0 aliphatic heterocycles. The van der Waals surface area contributed by atoms with Gasteiger partial charge in [0.25, 0.3) is 0 Å². The Morgan fingerprint density at radius 2 is 2.45 bits per heavy atom. The maximum absolute atomic E-state index is 10.9. The van der Waals surface area contributed by atoms with Crippen molar-refractivity contribution in [2.24, 2.45) is 0 Å². The molecule has 0 radical (unpaired) electrons. The lowest BCUT2D eigenvalue weighted by atomic mass is 10.5. The average molecular weight is 377 g/mol. The molecule has 0 bridgehead atoms. The number of hydrogen-bond acceptors (Lipinski definition) is 3. The van der Waals surface area contributed by atoms with Gasteiger partial charge in [-0.1, -0.05) is 0 Å². The smallest absolute Gasteiger partial charge is 0.386 e. The summed E-state index contributed by atoms with van der Waals surface area (Å²) in [4.78, 5) is 14.7. The van der Waals surface area contributed by atoms with Crippen LogP contribution in [-0.2, 0) is 3.07 Å². The molecule has 0 aromatic carbocycles. The first-order valence-corrected chi connectivity index (χ1v) is 4.45. The van der Waals surface area contributed by atoms with Crippen LogP contribution in [0, 0.1) is 0 Å². The summed E-state index contributed by atoms with van der Waals surface area (Å²) in [7, 11) is 0. The molecule has 1 aromatic heterocycles. The standard InChI is InChI=1S/C5H3I2N2O2/c6-9-2-1-8-3-4(9)5(10)11-7/h1-3H/q+1. The number of hydrogen-bond donors (Lipinski definition) is 0. The summed E-state index contributed by atoms with van der Waals surface area (Å²) in [6, 6.07) is 0. The monoisotopic (exact) mass is 377 g/mol. The second-order valence-electron chi connectivity index (χ2n) is 1.64. The highest BCUT2D eigenvalue weighted by molar-refractivity contribution is 14.1. The van der Waals surface area contributed by atoms with Crippen molar-refractivity contribution in [2.75, 3.05) is 0 Å². The molecule has 0 N–H and O–H groups in total. The molecule has 11 heavy (non-hydrogen) atoms. The van der Waals surface area contributed by atoms with E-state index in [1.165, 1.54) is 29.2 Å². The van der Waals surface area contributed by atoms with Gasteiger partial charge in [0.2, 0.25) is 0 Å². The second kappa shape index (κ2) is 4.14. The summed E-state index contributed by atoms with van der Waals surface area (Å²) in [5.74, 6) is -0.395. The Hall–Kier alpha value is 0.0100. The molecule has 0 unspecified atom stereocenters. The van der Waals surface area contributed by atoms with Crippen LogP contribution in [0.25, 0.3) is 0 Å². The molecule has 6 heteroatoms. The van der Waals surface area contributed by atoms with Crippen molar-refractivity contribution in [1.29, 1.82) is 0 Å². The fourth-order valence-corrected chi connectivity index (χ4v) is 1.22. The summed E-state index contributed by atoms with van der Waals surface area (Å²) < 4.78 is 6.10. The zero-order chi connectivity index (χ0) is 8.27. The predicted molar refractivity (Wildman–Crippen MR) is 53.3 cm³/mol. The quantitative estimate of drug-likeness (QED) is 0.689. The summed E-state index contributed by atoms with van der Waals surface area (Å²) >= 11 is 3.51. The predicted octanol–water partition coefficient (Wildman–Crippen LogP) is 1.07. The summed E-state index contributed by atoms with van der Waals surface area (Å²) in [6.07, 6.45) is 4.72. The van der Waals surface area contributed by atoms with Crippen LogP contribution in [0.1, 0.15) is 10.5 Å². The molecule has 1 heterocycles. The van der Waals surface area contributed by atoms with Gasteiger partial charge in [-0.2, -0.15) is 0 Å². The van der Waals surface area contributed by atoms with E-state index in [1.807, 2.05) is 22.9 Å². The lowest BCUT2D eigenvalue weighted by molar-refractivity contribution is -0.445. The van der Waals surface area contributed by atoms with Crippen LogP contribution in [0.15, 0.2) is 18.6 Å². The Morgan fingerprint density at radius 1 is 1.73 bits per heavy atom. The molecule has 4 nitrogen and oxygen atoms in total. The lowest BCUT2D eigenvalue weighted by Gasteiger charge is -1.90. The average Bonchev–Trinajstić information content (AvgIpc) is 2.04. The Labute approximate surface area is 91.2 Å². The zero-order valence-electron chi connectivity index (χ0n) is 5.20. The van der Waals surface area contributed by atoms with Crippen LogP contribution in [0.3, 0.4) is 0 Å². The van der Waals surface area contributed by atoms with Gasteiger partial charge in [-0.3, -0.25) is 4.98 Å². The summed E-state index contributed by atoms with van der Waals surface area (Å²) in [5.41, 5.74) is 0.419. The number of carbonyl (C=O) groups is 1. The van der Waals surface area contributed by atoms with Gasteiger partial charge in [0, 0.05) is 0 Å². The lowest BCUT2D eigenvalue weighted by Crippen LogP contribution is -2.28. The fourth-order valence-electron chi connectivity index (χ4n) is 0.526. The number of nitrogens with zero attached hydrogens (tertiary/aromatic N) is 2. The van der Waals surface area contributed by atoms with Crippen LogP contribution in [0.2, 0.25) is 0 Å². The van der Waals surface area contributed by atoms with E-state index in [4.69, 9.17) is 0 Å². The van der Waals surface area contributed by atoms with Crippen molar-refractivity contribution >= 4 is 51.8 Å². The van der Waals surface area contributed by atoms with Gasteiger partial charge < -0.3 is 3.07 Å². The molecule has 0 spiro atoms. The maximum Gasteiger partial charge on any atom is 0.415 e. The van der Waals surface area contributed by atoms with Crippen molar-refractivity contribution in [3.8, 4) is 0 Å².